The van der Waals surface area contributed by atoms with E-state index in [0.717, 1.165) is 35.8 Å². The number of rotatable bonds is 5. The zero-order valence-corrected chi connectivity index (χ0v) is 15.2. The summed E-state index contributed by atoms with van der Waals surface area (Å²) < 4.78 is 5.97. The third-order valence-electron chi connectivity index (χ3n) is 6.03. The maximum absolute atomic E-state index is 5.97. The van der Waals surface area contributed by atoms with Gasteiger partial charge in [0.2, 0.25) is 0 Å². The first-order chi connectivity index (χ1) is 12.1. The van der Waals surface area contributed by atoms with Crippen molar-refractivity contribution in [3.63, 3.8) is 0 Å². The molecule has 132 valence electrons. The Bertz CT molecular complexity index is 758. The second-order valence-electron chi connectivity index (χ2n) is 7.28. The topological polar surface area (TPSA) is 59.9 Å². The van der Waals surface area contributed by atoms with E-state index in [0.29, 0.717) is 23.4 Å². The Morgan fingerprint density at radius 3 is 2.72 bits per heavy atom. The number of nitrogens with zero attached hydrogens (tertiary/aromatic N) is 3. The zero-order valence-electron chi connectivity index (χ0n) is 15.2. The summed E-state index contributed by atoms with van der Waals surface area (Å²) in [5, 5.41) is 3.72. The number of anilines is 1. The summed E-state index contributed by atoms with van der Waals surface area (Å²) in [4.78, 5) is 13.8. The molecule has 2 aromatic heterocycles. The molecule has 2 unspecified atom stereocenters. The highest BCUT2D eigenvalue weighted by atomic mass is 16.5. The second-order valence-corrected chi connectivity index (χ2v) is 7.28. The van der Waals surface area contributed by atoms with E-state index in [9.17, 15) is 0 Å². The monoisotopic (exact) mass is 338 g/mol. The highest BCUT2D eigenvalue weighted by Crippen LogP contribution is 2.58. The summed E-state index contributed by atoms with van der Waals surface area (Å²) in [6.45, 7) is 7.02. The van der Waals surface area contributed by atoms with Crippen LogP contribution in [0.5, 0.6) is 0 Å². The van der Waals surface area contributed by atoms with Crippen molar-refractivity contribution in [1.82, 2.24) is 15.0 Å². The Labute approximate surface area is 149 Å². The maximum atomic E-state index is 5.97. The quantitative estimate of drug-likeness (QED) is 0.895. The van der Waals surface area contributed by atoms with Crippen LogP contribution < -0.4 is 5.32 Å². The van der Waals surface area contributed by atoms with Crippen LogP contribution in [0.15, 0.2) is 24.4 Å². The summed E-state index contributed by atoms with van der Waals surface area (Å²) in [5.41, 5.74) is 3.25. The Morgan fingerprint density at radius 1 is 1.24 bits per heavy atom. The molecule has 0 aromatic carbocycles. The van der Waals surface area contributed by atoms with Crippen molar-refractivity contribution in [3.05, 3.63) is 35.7 Å². The van der Waals surface area contributed by atoms with Crippen molar-refractivity contribution in [2.24, 2.45) is 5.41 Å². The molecule has 0 amide bonds. The van der Waals surface area contributed by atoms with Gasteiger partial charge in [0, 0.05) is 35.5 Å². The Hall–Kier alpha value is -2.01. The van der Waals surface area contributed by atoms with Gasteiger partial charge in [-0.1, -0.05) is 12.5 Å². The lowest BCUT2D eigenvalue weighted by Gasteiger charge is -2.61. The molecule has 0 radical (unpaired) electrons. The van der Waals surface area contributed by atoms with Crippen LogP contribution in [0.3, 0.4) is 0 Å². The van der Waals surface area contributed by atoms with Crippen LogP contribution in [0, 0.1) is 19.3 Å². The van der Waals surface area contributed by atoms with Crippen LogP contribution in [0.2, 0.25) is 0 Å². The highest BCUT2D eigenvalue weighted by Gasteiger charge is 2.59. The molecule has 1 spiro atoms. The summed E-state index contributed by atoms with van der Waals surface area (Å²) in [5.74, 6) is 1.63. The van der Waals surface area contributed by atoms with Gasteiger partial charge in [0.05, 0.1) is 6.10 Å². The van der Waals surface area contributed by atoms with Crippen LogP contribution in [0.25, 0.3) is 11.5 Å². The van der Waals surface area contributed by atoms with Gasteiger partial charge in [-0.05, 0) is 52.2 Å². The molecule has 2 atom stereocenters. The molecule has 1 N–H and O–H groups in total. The predicted octanol–water partition coefficient (Wildman–Crippen LogP) is 3.92. The predicted molar refractivity (Wildman–Crippen MR) is 98.5 cm³/mol. The first kappa shape index (κ1) is 16.5. The van der Waals surface area contributed by atoms with Gasteiger partial charge < -0.3 is 10.1 Å². The average molecular weight is 338 g/mol. The lowest BCUT2D eigenvalue weighted by molar-refractivity contribution is -0.157. The highest BCUT2D eigenvalue weighted by molar-refractivity contribution is 5.57. The number of hydrogen-bond donors (Lipinski definition) is 1. The largest absolute Gasteiger partial charge is 0.378 e. The molecule has 25 heavy (non-hydrogen) atoms. The first-order valence-corrected chi connectivity index (χ1v) is 9.29. The van der Waals surface area contributed by atoms with E-state index in [1.807, 2.05) is 25.1 Å². The molecule has 0 bridgehead atoms. The third kappa shape index (κ3) is 2.71. The number of hydrogen-bond acceptors (Lipinski definition) is 5. The van der Waals surface area contributed by atoms with Crippen molar-refractivity contribution in [2.75, 3.05) is 11.9 Å². The molecule has 2 aliphatic rings. The van der Waals surface area contributed by atoms with E-state index >= 15 is 0 Å². The lowest BCUT2D eigenvalue weighted by atomic mass is 9.51. The number of pyridine rings is 1. The number of aromatic nitrogens is 3. The van der Waals surface area contributed by atoms with Crippen LogP contribution in [-0.4, -0.2) is 33.7 Å². The molecule has 2 saturated carbocycles. The summed E-state index contributed by atoms with van der Waals surface area (Å²) in [7, 11) is 0. The minimum absolute atomic E-state index is 0.312. The first-order valence-electron chi connectivity index (χ1n) is 9.29. The SMILES string of the molecule is CCOC1CC(Nc2nc(-c3ccccn3)nc(C)c2C)C12CCC2. The van der Waals surface area contributed by atoms with Crippen molar-refractivity contribution in [2.45, 2.75) is 58.6 Å². The number of aryl methyl sites for hydroxylation is 1. The summed E-state index contributed by atoms with van der Waals surface area (Å²) in [6, 6.07) is 6.28. The van der Waals surface area contributed by atoms with Gasteiger partial charge in [0.1, 0.15) is 11.5 Å². The molecular formula is C20H26N4O. The molecular weight excluding hydrogens is 312 g/mol. The van der Waals surface area contributed by atoms with Gasteiger partial charge in [0.15, 0.2) is 5.82 Å². The number of nitrogens with one attached hydrogen (secondary N) is 1. The van der Waals surface area contributed by atoms with Crippen molar-refractivity contribution in [1.29, 1.82) is 0 Å². The molecule has 4 rings (SSSR count). The summed E-state index contributed by atoms with van der Waals surface area (Å²) >= 11 is 0. The molecule has 5 heteroatoms. The van der Waals surface area contributed by atoms with Crippen LogP contribution in [0.1, 0.15) is 43.9 Å². The van der Waals surface area contributed by atoms with Gasteiger partial charge in [-0.25, -0.2) is 9.97 Å². The van der Waals surface area contributed by atoms with Gasteiger partial charge in [0.25, 0.3) is 0 Å². The molecule has 2 aromatic rings. The minimum Gasteiger partial charge on any atom is -0.378 e. The van der Waals surface area contributed by atoms with Crippen molar-refractivity contribution in [3.8, 4) is 11.5 Å². The van der Waals surface area contributed by atoms with Crippen molar-refractivity contribution < 1.29 is 4.74 Å². The van der Waals surface area contributed by atoms with Crippen molar-refractivity contribution >= 4 is 5.82 Å². The van der Waals surface area contributed by atoms with E-state index in [1.54, 1.807) is 6.20 Å². The van der Waals surface area contributed by atoms with Gasteiger partial charge in [-0.2, -0.15) is 0 Å². The molecule has 2 fully saturated rings. The van der Waals surface area contributed by atoms with E-state index < -0.39 is 0 Å². The number of ether oxygens (including phenoxy) is 1. The van der Waals surface area contributed by atoms with Gasteiger partial charge in [-0.3, -0.25) is 4.98 Å². The van der Waals surface area contributed by atoms with E-state index in [4.69, 9.17) is 9.72 Å². The molecule has 2 heterocycles. The van der Waals surface area contributed by atoms with Crippen LogP contribution >= 0.6 is 0 Å². The standard InChI is InChI=1S/C20H26N4O/c1-4-25-17-12-16(20(17)9-7-10-20)23-18-13(2)14(3)22-19(24-18)15-8-5-6-11-21-15/h5-6,8,11,16-17H,4,7,9-10,12H2,1-3H3,(H,22,23,24). The second kappa shape index (κ2) is 6.37. The molecule has 0 saturated heterocycles. The summed E-state index contributed by atoms with van der Waals surface area (Å²) in [6.07, 6.45) is 7.07. The van der Waals surface area contributed by atoms with Crippen LogP contribution in [-0.2, 0) is 4.74 Å². The lowest BCUT2D eigenvalue weighted by Crippen LogP contribution is -2.64. The molecule has 0 aliphatic heterocycles. The molecule has 5 nitrogen and oxygen atoms in total. The fraction of sp³-hybridized carbons (Fsp3) is 0.550. The maximum Gasteiger partial charge on any atom is 0.180 e. The smallest absolute Gasteiger partial charge is 0.180 e. The Morgan fingerprint density at radius 2 is 2.08 bits per heavy atom. The van der Waals surface area contributed by atoms with E-state index in [2.05, 4.69) is 29.1 Å². The zero-order chi connectivity index (χ0) is 17.4. The fourth-order valence-electron chi connectivity index (χ4n) is 4.18. The Balaban J connectivity index is 1.60. The van der Waals surface area contributed by atoms with E-state index in [1.165, 1.54) is 19.3 Å². The average Bonchev–Trinajstić information content (AvgIpc) is 2.56. The normalized spacial score (nSPS) is 23.8. The Kier molecular flexibility index (Phi) is 4.20. The fourth-order valence-corrected chi connectivity index (χ4v) is 4.18. The minimum atomic E-state index is 0.312. The third-order valence-corrected chi connectivity index (χ3v) is 6.03. The van der Waals surface area contributed by atoms with Gasteiger partial charge in [-0.15, -0.1) is 0 Å². The molecule has 2 aliphatic carbocycles. The van der Waals surface area contributed by atoms with Gasteiger partial charge >= 0.3 is 0 Å². The van der Waals surface area contributed by atoms with Crippen LogP contribution in [0.4, 0.5) is 5.82 Å². The van der Waals surface area contributed by atoms with E-state index in [-0.39, 0.29) is 0 Å².